The van der Waals surface area contributed by atoms with Crippen molar-refractivity contribution in [3.63, 3.8) is 0 Å². The van der Waals surface area contributed by atoms with E-state index < -0.39 is 5.91 Å². The number of aromatic nitrogens is 2. The van der Waals surface area contributed by atoms with Crippen molar-refractivity contribution in [3.05, 3.63) is 11.8 Å². The molecule has 19 heavy (non-hydrogen) atoms. The first-order valence-corrected chi connectivity index (χ1v) is 6.10. The molecule has 0 saturated carbocycles. The van der Waals surface area contributed by atoms with E-state index in [0.29, 0.717) is 13.0 Å². The van der Waals surface area contributed by atoms with Crippen molar-refractivity contribution in [1.82, 2.24) is 15.5 Å². The number of hydrogen-bond acceptors (Lipinski definition) is 6. The van der Waals surface area contributed by atoms with Crippen LogP contribution in [0.25, 0.3) is 0 Å². The molecule has 106 valence electrons. The van der Waals surface area contributed by atoms with E-state index in [4.69, 9.17) is 15.9 Å². The molecule has 1 atom stereocenters. The molecule has 0 radical (unpaired) electrons. The largest absolute Gasteiger partial charge is 0.422 e. The van der Waals surface area contributed by atoms with Gasteiger partial charge in [-0.15, -0.1) is 10.2 Å². The second-order valence-corrected chi connectivity index (χ2v) is 4.21. The molecule has 1 unspecified atom stereocenters. The third-order valence-corrected chi connectivity index (χ3v) is 2.43. The molecule has 0 saturated heterocycles. The Bertz CT molecular complexity index is 432. The molecule has 0 aromatic carbocycles. The van der Waals surface area contributed by atoms with Gasteiger partial charge in [0.05, 0.1) is 0 Å². The Hall–Kier alpha value is -1.96. The number of primary amides is 1. The van der Waals surface area contributed by atoms with E-state index in [2.05, 4.69) is 15.5 Å². The van der Waals surface area contributed by atoms with Gasteiger partial charge in [0, 0.05) is 6.92 Å². The van der Waals surface area contributed by atoms with Gasteiger partial charge in [-0.05, 0) is 25.8 Å². The van der Waals surface area contributed by atoms with E-state index in [0.717, 1.165) is 12.8 Å². The van der Waals surface area contributed by atoms with Gasteiger partial charge in [-0.1, -0.05) is 0 Å². The molecule has 0 aliphatic rings. The number of amides is 2. The number of carbonyl (C=O) groups is 2. The molecule has 0 aliphatic carbocycles. The third-order valence-electron chi connectivity index (χ3n) is 2.43. The van der Waals surface area contributed by atoms with E-state index in [1.165, 1.54) is 6.92 Å². The lowest BCUT2D eigenvalue weighted by Crippen LogP contribution is -2.26. The Morgan fingerprint density at radius 3 is 2.68 bits per heavy atom. The smallest absolute Gasteiger partial charge is 0.238 e. The Labute approximate surface area is 110 Å². The van der Waals surface area contributed by atoms with E-state index >= 15 is 0 Å². The summed E-state index contributed by atoms with van der Waals surface area (Å²) in [6, 6.07) is -0.363. The highest BCUT2D eigenvalue weighted by Crippen LogP contribution is 2.18. The highest BCUT2D eigenvalue weighted by Gasteiger charge is 2.19. The number of nitrogens with two attached hydrogens (primary N) is 2. The minimum Gasteiger partial charge on any atom is -0.422 e. The monoisotopic (exact) mass is 269 g/mol. The van der Waals surface area contributed by atoms with Gasteiger partial charge < -0.3 is 21.2 Å². The number of nitrogens with one attached hydrogen (secondary N) is 1. The summed E-state index contributed by atoms with van der Waals surface area (Å²) >= 11 is 0. The van der Waals surface area contributed by atoms with Gasteiger partial charge in [0.1, 0.15) is 12.5 Å². The summed E-state index contributed by atoms with van der Waals surface area (Å²) in [5.41, 5.74) is 10.5. The van der Waals surface area contributed by atoms with Crippen LogP contribution in [0.5, 0.6) is 0 Å². The summed E-state index contributed by atoms with van der Waals surface area (Å²) in [5, 5.41) is 10.3. The number of nitrogens with zero attached hydrogens (tertiary/aromatic N) is 2. The Kier molecular flexibility index (Phi) is 5.94. The molecule has 8 heteroatoms. The lowest BCUT2D eigenvalue weighted by Gasteiger charge is -2.13. The first-order valence-electron chi connectivity index (χ1n) is 6.10. The van der Waals surface area contributed by atoms with Crippen molar-refractivity contribution in [1.29, 1.82) is 0 Å². The van der Waals surface area contributed by atoms with Gasteiger partial charge >= 0.3 is 0 Å². The first kappa shape index (κ1) is 15.1. The fourth-order valence-corrected chi connectivity index (χ4v) is 1.62. The van der Waals surface area contributed by atoms with Crippen molar-refractivity contribution < 1.29 is 14.0 Å². The Morgan fingerprint density at radius 1 is 1.37 bits per heavy atom. The fourth-order valence-electron chi connectivity index (χ4n) is 1.62. The van der Waals surface area contributed by atoms with Gasteiger partial charge in [0.2, 0.25) is 23.6 Å². The first-order chi connectivity index (χ1) is 9.02. The predicted octanol–water partition coefficient (Wildman–Crippen LogP) is -0.596. The van der Waals surface area contributed by atoms with Crippen LogP contribution in [0.3, 0.4) is 0 Å². The third kappa shape index (κ3) is 5.47. The highest BCUT2D eigenvalue weighted by molar-refractivity contribution is 5.75. The van der Waals surface area contributed by atoms with Crippen LogP contribution in [0, 0.1) is 0 Å². The second kappa shape index (κ2) is 7.47. The summed E-state index contributed by atoms with van der Waals surface area (Å²) in [6.45, 7) is 2.00. The van der Waals surface area contributed by atoms with Gasteiger partial charge in [0.25, 0.3) is 0 Å². The molecule has 0 fully saturated rings. The maximum atomic E-state index is 11.1. The molecule has 5 N–H and O–H groups in total. The van der Waals surface area contributed by atoms with Crippen LogP contribution < -0.4 is 16.8 Å². The topological polar surface area (TPSA) is 137 Å². The highest BCUT2D eigenvalue weighted by atomic mass is 16.4. The molecule has 2 amide bonds. The standard InChI is InChI=1S/C11H19N5O3/c1-7(17)14-8(4-2-3-5-12)11-16-15-10(19-11)6-9(13)18/h8H,2-6,12H2,1H3,(H2,13,18)(H,14,17). The maximum Gasteiger partial charge on any atom is 0.238 e. The summed E-state index contributed by atoms with van der Waals surface area (Å²) < 4.78 is 5.32. The van der Waals surface area contributed by atoms with E-state index in [-0.39, 0.29) is 30.2 Å². The Balaban J connectivity index is 2.69. The van der Waals surface area contributed by atoms with Crippen LogP contribution in [0.2, 0.25) is 0 Å². The van der Waals surface area contributed by atoms with Crippen LogP contribution in [-0.2, 0) is 16.0 Å². The molecular formula is C11H19N5O3. The molecule has 8 nitrogen and oxygen atoms in total. The fraction of sp³-hybridized carbons (Fsp3) is 0.636. The number of carbonyl (C=O) groups excluding carboxylic acids is 2. The summed E-state index contributed by atoms with van der Waals surface area (Å²) in [6.07, 6.45) is 2.21. The van der Waals surface area contributed by atoms with Gasteiger partial charge in [-0.25, -0.2) is 0 Å². The van der Waals surface area contributed by atoms with E-state index in [9.17, 15) is 9.59 Å². The van der Waals surface area contributed by atoms with Gasteiger partial charge in [0.15, 0.2) is 0 Å². The summed E-state index contributed by atoms with van der Waals surface area (Å²) in [7, 11) is 0. The summed E-state index contributed by atoms with van der Waals surface area (Å²) in [4.78, 5) is 21.9. The van der Waals surface area contributed by atoms with Crippen LogP contribution in [0.15, 0.2) is 4.42 Å². The molecule has 0 aliphatic heterocycles. The van der Waals surface area contributed by atoms with Crippen LogP contribution >= 0.6 is 0 Å². The van der Waals surface area contributed by atoms with Crippen molar-refractivity contribution in [3.8, 4) is 0 Å². The van der Waals surface area contributed by atoms with Gasteiger partial charge in [-0.2, -0.15) is 0 Å². The van der Waals surface area contributed by atoms with Crippen LogP contribution in [0.4, 0.5) is 0 Å². The maximum absolute atomic E-state index is 11.1. The Morgan fingerprint density at radius 2 is 2.11 bits per heavy atom. The minimum absolute atomic E-state index is 0.109. The number of unbranched alkanes of at least 4 members (excludes halogenated alkanes) is 1. The van der Waals surface area contributed by atoms with Crippen molar-refractivity contribution in [2.45, 2.75) is 38.6 Å². The molecule has 0 bridgehead atoms. The summed E-state index contributed by atoms with van der Waals surface area (Å²) in [5.74, 6) is -0.304. The van der Waals surface area contributed by atoms with E-state index in [1.807, 2.05) is 0 Å². The second-order valence-electron chi connectivity index (χ2n) is 4.21. The van der Waals surface area contributed by atoms with Crippen LogP contribution in [0.1, 0.15) is 44.0 Å². The predicted molar refractivity (Wildman–Crippen MR) is 66.7 cm³/mol. The van der Waals surface area contributed by atoms with Crippen molar-refractivity contribution in [2.75, 3.05) is 6.54 Å². The lowest BCUT2D eigenvalue weighted by molar-refractivity contribution is -0.120. The molecule has 0 spiro atoms. The lowest BCUT2D eigenvalue weighted by atomic mass is 10.1. The van der Waals surface area contributed by atoms with Gasteiger partial charge in [-0.3, -0.25) is 9.59 Å². The average Bonchev–Trinajstić information content (AvgIpc) is 2.75. The zero-order valence-electron chi connectivity index (χ0n) is 10.9. The minimum atomic E-state index is -0.547. The quantitative estimate of drug-likeness (QED) is 0.539. The number of rotatable bonds is 8. The molecular weight excluding hydrogens is 250 g/mol. The van der Waals surface area contributed by atoms with Crippen molar-refractivity contribution in [2.24, 2.45) is 11.5 Å². The SMILES string of the molecule is CC(=O)NC(CCCCN)c1nnc(CC(N)=O)o1. The zero-order valence-corrected chi connectivity index (χ0v) is 10.9. The molecule has 1 heterocycles. The van der Waals surface area contributed by atoms with Crippen molar-refractivity contribution >= 4 is 11.8 Å². The molecule has 1 rings (SSSR count). The molecule has 1 aromatic rings. The molecule has 1 aromatic heterocycles. The van der Waals surface area contributed by atoms with Crippen LogP contribution in [-0.4, -0.2) is 28.6 Å². The zero-order chi connectivity index (χ0) is 14.3. The number of hydrogen-bond donors (Lipinski definition) is 3. The average molecular weight is 269 g/mol. The normalized spacial score (nSPS) is 12.1. The van der Waals surface area contributed by atoms with E-state index in [1.54, 1.807) is 0 Å².